The van der Waals surface area contributed by atoms with Crippen molar-refractivity contribution in [3.63, 3.8) is 0 Å². The SMILES string of the molecule is COc1ccccc1C(CNC(=O)c1nc2nc(C)cc(C)n2n1)N(C)C. The average molecular weight is 368 g/mol. The summed E-state index contributed by atoms with van der Waals surface area (Å²) in [5.74, 6) is 0.978. The molecule has 3 rings (SSSR count). The van der Waals surface area contributed by atoms with Gasteiger partial charge in [0, 0.05) is 23.5 Å². The lowest BCUT2D eigenvalue weighted by Crippen LogP contribution is -2.35. The van der Waals surface area contributed by atoms with E-state index < -0.39 is 0 Å². The van der Waals surface area contributed by atoms with Gasteiger partial charge in [0.15, 0.2) is 0 Å². The largest absolute Gasteiger partial charge is 0.496 e. The predicted molar refractivity (Wildman–Crippen MR) is 102 cm³/mol. The van der Waals surface area contributed by atoms with Crippen molar-refractivity contribution in [2.24, 2.45) is 0 Å². The van der Waals surface area contributed by atoms with Crippen molar-refractivity contribution in [3.8, 4) is 5.75 Å². The summed E-state index contributed by atoms with van der Waals surface area (Å²) < 4.78 is 7.03. The maximum atomic E-state index is 12.6. The van der Waals surface area contributed by atoms with Gasteiger partial charge in [-0.3, -0.25) is 4.79 Å². The number of hydrogen-bond acceptors (Lipinski definition) is 6. The van der Waals surface area contributed by atoms with Crippen LogP contribution in [0.3, 0.4) is 0 Å². The molecule has 3 aromatic rings. The summed E-state index contributed by atoms with van der Waals surface area (Å²) in [5, 5.41) is 7.20. The highest BCUT2D eigenvalue weighted by Crippen LogP contribution is 2.27. The van der Waals surface area contributed by atoms with Crippen LogP contribution in [0, 0.1) is 13.8 Å². The number of nitrogens with one attached hydrogen (secondary N) is 1. The van der Waals surface area contributed by atoms with Gasteiger partial charge in [0.05, 0.1) is 13.2 Å². The molecule has 27 heavy (non-hydrogen) atoms. The Morgan fingerprint density at radius 3 is 2.70 bits per heavy atom. The van der Waals surface area contributed by atoms with E-state index in [0.29, 0.717) is 12.3 Å². The Morgan fingerprint density at radius 2 is 2.00 bits per heavy atom. The van der Waals surface area contributed by atoms with Crippen molar-refractivity contribution in [1.29, 1.82) is 0 Å². The molecular weight excluding hydrogens is 344 g/mol. The van der Waals surface area contributed by atoms with E-state index in [-0.39, 0.29) is 17.8 Å². The van der Waals surface area contributed by atoms with E-state index in [4.69, 9.17) is 4.74 Å². The van der Waals surface area contributed by atoms with Crippen molar-refractivity contribution in [1.82, 2.24) is 29.8 Å². The van der Waals surface area contributed by atoms with Gasteiger partial charge in [-0.2, -0.15) is 4.98 Å². The molecule has 0 bridgehead atoms. The van der Waals surface area contributed by atoms with E-state index in [1.54, 1.807) is 11.6 Å². The van der Waals surface area contributed by atoms with Crippen LogP contribution in [0.25, 0.3) is 5.78 Å². The average Bonchev–Trinajstić information content (AvgIpc) is 3.06. The number of para-hydroxylation sites is 1. The van der Waals surface area contributed by atoms with Gasteiger partial charge in [-0.15, -0.1) is 5.10 Å². The van der Waals surface area contributed by atoms with Crippen LogP contribution in [0.2, 0.25) is 0 Å². The number of rotatable bonds is 6. The second kappa shape index (κ2) is 7.71. The second-order valence-corrected chi connectivity index (χ2v) is 6.62. The molecule has 0 aliphatic heterocycles. The fraction of sp³-hybridized carbons (Fsp3) is 0.368. The Bertz CT molecular complexity index is 966. The molecule has 8 nitrogen and oxygen atoms in total. The number of amides is 1. The molecule has 0 aliphatic rings. The van der Waals surface area contributed by atoms with E-state index in [9.17, 15) is 4.79 Å². The van der Waals surface area contributed by atoms with Crippen LogP contribution in [0.15, 0.2) is 30.3 Å². The monoisotopic (exact) mass is 368 g/mol. The van der Waals surface area contributed by atoms with Gasteiger partial charge >= 0.3 is 0 Å². The number of carbonyl (C=O) groups is 1. The molecule has 142 valence electrons. The normalized spacial score (nSPS) is 12.4. The van der Waals surface area contributed by atoms with Gasteiger partial charge in [0.2, 0.25) is 5.82 Å². The van der Waals surface area contributed by atoms with Gasteiger partial charge in [-0.25, -0.2) is 9.50 Å². The number of ether oxygens (including phenoxy) is 1. The molecule has 0 spiro atoms. The van der Waals surface area contributed by atoms with E-state index >= 15 is 0 Å². The Labute approximate surface area is 158 Å². The first-order valence-corrected chi connectivity index (χ1v) is 8.69. The third kappa shape index (κ3) is 3.90. The minimum atomic E-state index is -0.334. The van der Waals surface area contributed by atoms with E-state index in [1.807, 2.05) is 63.2 Å². The standard InChI is InChI=1S/C19H24N6O2/c1-12-10-13(2)25-19(21-12)22-17(23-25)18(26)20-11-15(24(3)4)14-8-6-7-9-16(14)27-5/h6-10,15H,11H2,1-5H3,(H,20,26). The summed E-state index contributed by atoms with van der Waals surface area (Å²) >= 11 is 0. The lowest BCUT2D eigenvalue weighted by atomic mass is 10.0. The molecule has 8 heteroatoms. The van der Waals surface area contributed by atoms with Crippen molar-refractivity contribution >= 4 is 11.7 Å². The highest BCUT2D eigenvalue weighted by molar-refractivity contribution is 5.90. The maximum Gasteiger partial charge on any atom is 0.291 e. The summed E-state index contributed by atoms with van der Waals surface area (Å²) in [5.41, 5.74) is 2.72. The number of methoxy groups -OCH3 is 1. The van der Waals surface area contributed by atoms with Gasteiger partial charge in [-0.1, -0.05) is 18.2 Å². The van der Waals surface area contributed by atoms with E-state index in [2.05, 4.69) is 20.4 Å². The molecule has 0 radical (unpaired) electrons. The maximum absolute atomic E-state index is 12.6. The fourth-order valence-electron chi connectivity index (χ4n) is 3.04. The van der Waals surface area contributed by atoms with Crippen LogP contribution in [0.1, 0.15) is 33.6 Å². The number of carbonyl (C=O) groups excluding carboxylic acids is 1. The number of nitrogens with zero attached hydrogens (tertiary/aromatic N) is 5. The number of benzene rings is 1. The summed E-state index contributed by atoms with van der Waals surface area (Å²) in [7, 11) is 5.56. The Morgan fingerprint density at radius 1 is 1.26 bits per heavy atom. The van der Waals surface area contributed by atoms with Gasteiger partial charge in [-0.05, 0) is 40.1 Å². The number of likely N-dealkylation sites (N-methyl/N-ethyl adjacent to an activating group) is 1. The van der Waals surface area contributed by atoms with Crippen molar-refractivity contribution < 1.29 is 9.53 Å². The fourth-order valence-corrected chi connectivity index (χ4v) is 3.04. The minimum absolute atomic E-state index is 0.0516. The zero-order valence-corrected chi connectivity index (χ0v) is 16.2. The molecule has 1 aromatic carbocycles. The Hall–Kier alpha value is -3.00. The van der Waals surface area contributed by atoms with Gasteiger partial charge in [0.25, 0.3) is 11.7 Å². The summed E-state index contributed by atoms with van der Waals surface area (Å²) in [6.07, 6.45) is 0. The smallest absolute Gasteiger partial charge is 0.291 e. The van der Waals surface area contributed by atoms with Crippen LogP contribution in [0.4, 0.5) is 0 Å². The highest BCUT2D eigenvalue weighted by atomic mass is 16.5. The zero-order valence-electron chi connectivity index (χ0n) is 16.2. The first-order chi connectivity index (χ1) is 12.9. The molecule has 1 amide bonds. The van der Waals surface area contributed by atoms with Gasteiger partial charge in [0.1, 0.15) is 5.75 Å². The lowest BCUT2D eigenvalue weighted by Gasteiger charge is -2.26. The van der Waals surface area contributed by atoms with Crippen LogP contribution in [0.5, 0.6) is 5.75 Å². The highest BCUT2D eigenvalue weighted by Gasteiger charge is 2.21. The van der Waals surface area contributed by atoms with Crippen molar-refractivity contribution in [3.05, 3.63) is 53.1 Å². The number of aromatic nitrogens is 4. The molecule has 2 aromatic heterocycles. The molecule has 1 N–H and O–H groups in total. The molecule has 1 unspecified atom stereocenters. The van der Waals surface area contributed by atoms with Crippen LogP contribution >= 0.6 is 0 Å². The van der Waals surface area contributed by atoms with Gasteiger partial charge < -0.3 is 15.0 Å². The third-order valence-corrected chi connectivity index (χ3v) is 4.40. The minimum Gasteiger partial charge on any atom is -0.496 e. The molecule has 0 saturated heterocycles. The van der Waals surface area contributed by atoms with Crippen molar-refractivity contribution in [2.75, 3.05) is 27.7 Å². The number of hydrogen-bond donors (Lipinski definition) is 1. The molecule has 0 saturated carbocycles. The van der Waals surface area contributed by atoms with Crippen molar-refractivity contribution in [2.45, 2.75) is 19.9 Å². The molecule has 1 atom stereocenters. The zero-order chi connectivity index (χ0) is 19.6. The first kappa shape index (κ1) is 18.8. The predicted octanol–water partition coefficient (Wildman–Crippen LogP) is 1.78. The Balaban J connectivity index is 1.80. The molecule has 0 aliphatic carbocycles. The van der Waals surface area contributed by atoms with Crippen LogP contribution in [-0.2, 0) is 0 Å². The third-order valence-electron chi connectivity index (χ3n) is 4.40. The molecule has 0 fully saturated rings. The summed E-state index contributed by atoms with van der Waals surface area (Å²) in [4.78, 5) is 23.2. The number of aryl methyl sites for hydroxylation is 2. The van der Waals surface area contributed by atoms with E-state index in [0.717, 1.165) is 22.7 Å². The van der Waals surface area contributed by atoms with E-state index in [1.165, 1.54) is 0 Å². The summed E-state index contributed by atoms with van der Waals surface area (Å²) in [6.45, 7) is 4.19. The lowest BCUT2D eigenvalue weighted by molar-refractivity contribution is 0.0931. The topological polar surface area (TPSA) is 84.6 Å². The summed E-state index contributed by atoms with van der Waals surface area (Å²) in [6, 6.07) is 9.63. The second-order valence-electron chi connectivity index (χ2n) is 6.62. The van der Waals surface area contributed by atoms with Crippen LogP contribution < -0.4 is 10.1 Å². The molecular formula is C19H24N6O2. The van der Waals surface area contributed by atoms with Crippen LogP contribution in [-0.4, -0.2) is 58.1 Å². The first-order valence-electron chi connectivity index (χ1n) is 8.69. The molecule has 2 heterocycles. The number of fused-ring (bicyclic) bond motifs is 1. The quantitative estimate of drug-likeness (QED) is 0.714. The Kier molecular flexibility index (Phi) is 5.36.